The van der Waals surface area contributed by atoms with Crippen LogP contribution in [0.2, 0.25) is 0 Å². The fraction of sp³-hybridized carbons (Fsp3) is 0.353. The van der Waals surface area contributed by atoms with E-state index < -0.39 is 0 Å². The Bertz CT molecular complexity index is 791. The van der Waals surface area contributed by atoms with Gasteiger partial charge in [-0.2, -0.15) is 0 Å². The molecule has 0 saturated heterocycles. The predicted molar refractivity (Wildman–Crippen MR) is 99.6 cm³/mol. The Balaban J connectivity index is 2.19. The minimum absolute atomic E-state index is 0.0587. The summed E-state index contributed by atoms with van der Waals surface area (Å²) in [4.78, 5) is 27.1. The van der Waals surface area contributed by atoms with Crippen LogP contribution in [-0.2, 0) is 16.1 Å². The van der Waals surface area contributed by atoms with Gasteiger partial charge in [-0.25, -0.2) is 0 Å². The van der Waals surface area contributed by atoms with Crippen LogP contribution in [0.4, 0.5) is 0 Å². The lowest BCUT2D eigenvalue weighted by molar-refractivity contribution is -0.138. The van der Waals surface area contributed by atoms with Crippen molar-refractivity contribution in [3.05, 3.63) is 39.2 Å². The van der Waals surface area contributed by atoms with Gasteiger partial charge in [0.25, 0.3) is 0 Å². The molecule has 1 aromatic carbocycles. The Kier molecular flexibility index (Phi) is 5.90. The monoisotopic (exact) mass is 363 g/mol. The average Bonchev–Trinajstić information content (AvgIpc) is 2.89. The topological polar surface area (TPSA) is 45.6 Å². The molecular weight excluding hydrogens is 342 g/mol. The predicted octanol–water partition coefficient (Wildman–Crippen LogP) is 2.80. The zero-order chi connectivity index (χ0) is 17.9. The summed E-state index contributed by atoms with van der Waals surface area (Å²) in [7, 11) is 4.97. The van der Waals surface area contributed by atoms with Gasteiger partial charge in [0.2, 0.25) is 11.8 Å². The number of aryl methyl sites for hydroxylation is 1. The molecule has 0 N–H and O–H groups in total. The molecule has 7 heteroatoms. The van der Waals surface area contributed by atoms with Gasteiger partial charge in [-0.05, 0) is 24.7 Å². The molecule has 0 aliphatic carbocycles. The standard InChI is InChI=1S/C17H21N3O2S2/c1-12-5-7-13(8-6-12)14-11-24-17(23)20(14)10-16(22)19(4)9-15(21)18(2)3/h5-8,11H,9-10H2,1-4H3. The summed E-state index contributed by atoms with van der Waals surface area (Å²) in [5.41, 5.74) is 3.12. The Morgan fingerprint density at radius 2 is 1.75 bits per heavy atom. The van der Waals surface area contributed by atoms with Crippen molar-refractivity contribution in [2.45, 2.75) is 13.5 Å². The van der Waals surface area contributed by atoms with Gasteiger partial charge in [0.05, 0.1) is 12.2 Å². The second kappa shape index (κ2) is 7.72. The Labute approximate surface area is 151 Å². The van der Waals surface area contributed by atoms with E-state index in [1.807, 2.05) is 41.1 Å². The third-order valence-corrected chi connectivity index (χ3v) is 4.99. The van der Waals surface area contributed by atoms with Crippen LogP contribution in [0.25, 0.3) is 11.3 Å². The molecule has 2 rings (SSSR count). The maximum absolute atomic E-state index is 12.5. The Morgan fingerprint density at radius 1 is 1.12 bits per heavy atom. The largest absolute Gasteiger partial charge is 0.347 e. The molecule has 1 heterocycles. The third-order valence-electron chi connectivity index (χ3n) is 3.72. The molecule has 0 bridgehead atoms. The Hall–Kier alpha value is -1.99. The fourth-order valence-corrected chi connectivity index (χ4v) is 3.19. The molecule has 0 atom stereocenters. The molecule has 1 aromatic heterocycles. The van der Waals surface area contributed by atoms with Crippen LogP contribution in [0, 0.1) is 10.9 Å². The first-order valence-corrected chi connectivity index (χ1v) is 8.78. The van der Waals surface area contributed by atoms with E-state index in [0.29, 0.717) is 3.95 Å². The highest BCUT2D eigenvalue weighted by Gasteiger charge is 2.17. The molecule has 0 saturated carbocycles. The minimum Gasteiger partial charge on any atom is -0.347 e. The SMILES string of the molecule is Cc1ccc(-c2csc(=S)n2CC(=O)N(C)CC(=O)N(C)C)cc1. The fourth-order valence-electron chi connectivity index (χ4n) is 2.12. The molecule has 128 valence electrons. The number of likely N-dealkylation sites (N-methyl/N-ethyl adjacent to an activating group) is 2. The van der Waals surface area contributed by atoms with E-state index in [9.17, 15) is 9.59 Å². The lowest BCUT2D eigenvalue weighted by Gasteiger charge is -2.20. The molecule has 5 nitrogen and oxygen atoms in total. The normalized spacial score (nSPS) is 10.5. The summed E-state index contributed by atoms with van der Waals surface area (Å²) < 4.78 is 2.47. The average molecular weight is 364 g/mol. The zero-order valence-electron chi connectivity index (χ0n) is 14.3. The number of rotatable bonds is 5. The number of benzene rings is 1. The number of thiazole rings is 1. The van der Waals surface area contributed by atoms with E-state index in [4.69, 9.17) is 12.2 Å². The van der Waals surface area contributed by atoms with E-state index in [0.717, 1.165) is 11.3 Å². The first kappa shape index (κ1) is 18.4. The number of hydrogen-bond acceptors (Lipinski definition) is 4. The van der Waals surface area contributed by atoms with Gasteiger partial charge < -0.3 is 14.4 Å². The van der Waals surface area contributed by atoms with Crippen molar-refractivity contribution >= 4 is 35.4 Å². The minimum atomic E-state index is -0.145. The van der Waals surface area contributed by atoms with Gasteiger partial charge >= 0.3 is 0 Å². The smallest absolute Gasteiger partial charge is 0.242 e. The number of amides is 2. The summed E-state index contributed by atoms with van der Waals surface area (Å²) >= 11 is 6.80. The number of carbonyl (C=O) groups is 2. The van der Waals surface area contributed by atoms with Crippen LogP contribution < -0.4 is 0 Å². The highest BCUT2D eigenvalue weighted by atomic mass is 32.1. The van der Waals surface area contributed by atoms with Gasteiger partial charge in [0, 0.05) is 26.5 Å². The van der Waals surface area contributed by atoms with Crippen LogP contribution >= 0.6 is 23.6 Å². The maximum Gasteiger partial charge on any atom is 0.242 e. The van der Waals surface area contributed by atoms with Gasteiger partial charge in [0.1, 0.15) is 6.54 Å². The highest BCUT2D eigenvalue weighted by molar-refractivity contribution is 7.73. The van der Waals surface area contributed by atoms with Gasteiger partial charge in [0.15, 0.2) is 3.95 Å². The summed E-state index contributed by atoms with van der Waals surface area (Å²) in [6, 6.07) is 8.10. The number of hydrogen-bond donors (Lipinski definition) is 0. The number of aromatic nitrogens is 1. The molecule has 2 amide bonds. The molecular formula is C17H21N3O2S2. The summed E-state index contributed by atoms with van der Waals surface area (Å²) in [6.45, 7) is 2.22. The van der Waals surface area contributed by atoms with E-state index in [1.165, 1.54) is 26.7 Å². The van der Waals surface area contributed by atoms with Crippen molar-refractivity contribution in [1.82, 2.24) is 14.4 Å². The van der Waals surface area contributed by atoms with Crippen molar-refractivity contribution in [1.29, 1.82) is 0 Å². The van der Waals surface area contributed by atoms with E-state index >= 15 is 0 Å². The molecule has 0 spiro atoms. The van der Waals surface area contributed by atoms with Crippen LogP contribution in [0.15, 0.2) is 29.6 Å². The van der Waals surface area contributed by atoms with Crippen molar-refractivity contribution < 1.29 is 9.59 Å². The maximum atomic E-state index is 12.5. The van der Waals surface area contributed by atoms with E-state index in [2.05, 4.69) is 0 Å². The lowest BCUT2D eigenvalue weighted by Crippen LogP contribution is -2.39. The van der Waals surface area contributed by atoms with Crippen LogP contribution in [0.5, 0.6) is 0 Å². The molecule has 0 aliphatic heterocycles. The molecule has 2 aromatic rings. The van der Waals surface area contributed by atoms with E-state index in [-0.39, 0.29) is 24.9 Å². The summed E-state index contributed by atoms with van der Waals surface area (Å²) in [5.74, 6) is -0.258. The van der Waals surface area contributed by atoms with E-state index in [1.54, 1.807) is 21.1 Å². The molecule has 0 aliphatic rings. The number of nitrogens with zero attached hydrogens (tertiary/aromatic N) is 3. The van der Waals surface area contributed by atoms with Crippen molar-refractivity contribution in [3.8, 4) is 11.3 Å². The number of carbonyl (C=O) groups excluding carboxylic acids is 2. The lowest BCUT2D eigenvalue weighted by atomic mass is 10.1. The zero-order valence-corrected chi connectivity index (χ0v) is 15.9. The van der Waals surface area contributed by atoms with Gasteiger partial charge in [-0.3, -0.25) is 9.59 Å². The molecule has 0 fully saturated rings. The summed E-state index contributed by atoms with van der Waals surface area (Å²) in [6.07, 6.45) is 0. The van der Waals surface area contributed by atoms with Gasteiger partial charge in [-0.1, -0.05) is 29.8 Å². The molecule has 0 radical (unpaired) electrons. The quantitative estimate of drug-likeness (QED) is 0.768. The van der Waals surface area contributed by atoms with Crippen LogP contribution in [0.3, 0.4) is 0 Å². The first-order chi connectivity index (χ1) is 11.3. The first-order valence-electron chi connectivity index (χ1n) is 7.49. The van der Waals surface area contributed by atoms with Crippen molar-refractivity contribution in [2.75, 3.05) is 27.7 Å². The second-order valence-corrected chi connectivity index (χ2v) is 7.38. The van der Waals surface area contributed by atoms with Crippen LogP contribution in [0.1, 0.15) is 5.56 Å². The van der Waals surface area contributed by atoms with Crippen molar-refractivity contribution in [2.24, 2.45) is 0 Å². The summed E-state index contributed by atoms with van der Waals surface area (Å²) in [5, 5.41) is 1.96. The Morgan fingerprint density at radius 3 is 2.33 bits per heavy atom. The highest BCUT2D eigenvalue weighted by Crippen LogP contribution is 2.24. The molecule has 24 heavy (non-hydrogen) atoms. The third kappa shape index (κ3) is 4.30. The van der Waals surface area contributed by atoms with Crippen molar-refractivity contribution in [3.63, 3.8) is 0 Å². The molecule has 0 unspecified atom stereocenters. The van der Waals surface area contributed by atoms with Gasteiger partial charge in [-0.15, -0.1) is 11.3 Å². The second-order valence-electron chi connectivity index (χ2n) is 5.88. The van der Waals surface area contributed by atoms with Crippen LogP contribution in [-0.4, -0.2) is 53.9 Å².